The fraction of sp³-hybridized carbons (Fsp3) is 0.133. The van der Waals surface area contributed by atoms with Gasteiger partial charge in [0, 0.05) is 0 Å². The molecule has 1 heterocycles. The monoisotopic (exact) mass is 220 g/mol. The van der Waals surface area contributed by atoms with Crippen LogP contribution in [0.5, 0.6) is 0 Å². The van der Waals surface area contributed by atoms with E-state index in [9.17, 15) is 0 Å². The van der Waals surface area contributed by atoms with Crippen molar-refractivity contribution in [3.63, 3.8) is 0 Å². The molecule has 1 aliphatic rings. The van der Waals surface area contributed by atoms with E-state index in [4.69, 9.17) is 5.26 Å². The highest BCUT2D eigenvalue weighted by atomic mass is 15.3. The lowest BCUT2D eigenvalue weighted by Gasteiger charge is -1.96. The summed E-state index contributed by atoms with van der Waals surface area (Å²) < 4.78 is 0. The maximum Gasteiger partial charge on any atom is 0.180 e. The lowest BCUT2D eigenvalue weighted by molar-refractivity contribution is 0.681. The molecule has 0 unspecified atom stereocenters. The molecule has 0 amide bonds. The molecule has 2 heteroatoms. The molecule has 82 valence electrons. The van der Waals surface area contributed by atoms with E-state index in [-0.39, 0.29) is 12.1 Å². The van der Waals surface area contributed by atoms with Crippen LogP contribution in [0.25, 0.3) is 0 Å². The molecule has 2 atom stereocenters. The van der Waals surface area contributed by atoms with Crippen LogP contribution in [0.15, 0.2) is 60.7 Å². The van der Waals surface area contributed by atoms with Crippen molar-refractivity contribution in [2.75, 3.05) is 0 Å². The fourth-order valence-electron chi connectivity index (χ4n) is 2.34. The molecule has 2 aromatic rings. The van der Waals surface area contributed by atoms with Gasteiger partial charge < -0.3 is 0 Å². The summed E-state index contributed by atoms with van der Waals surface area (Å²) in [4.78, 5) is 1.84. The zero-order valence-electron chi connectivity index (χ0n) is 9.32. The second-order valence-corrected chi connectivity index (χ2v) is 4.22. The Bertz CT molecular complexity index is 497. The van der Waals surface area contributed by atoms with Crippen LogP contribution < -0.4 is 0 Å². The van der Waals surface area contributed by atoms with Gasteiger partial charge in [-0.3, -0.25) is 4.90 Å². The van der Waals surface area contributed by atoms with Crippen molar-refractivity contribution in [2.24, 2.45) is 0 Å². The van der Waals surface area contributed by atoms with Gasteiger partial charge in [-0.15, -0.1) is 0 Å². The Balaban J connectivity index is 1.92. The van der Waals surface area contributed by atoms with Gasteiger partial charge in [-0.1, -0.05) is 60.7 Å². The van der Waals surface area contributed by atoms with Crippen LogP contribution in [0.4, 0.5) is 0 Å². The first-order valence-electron chi connectivity index (χ1n) is 5.70. The Morgan fingerprint density at radius 2 is 1.18 bits per heavy atom. The van der Waals surface area contributed by atoms with E-state index in [2.05, 4.69) is 30.5 Å². The Kier molecular flexibility index (Phi) is 2.31. The third-order valence-electron chi connectivity index (χ3n) is 3.21. The summed E-state index contributed by atoms with van der Waals surface area (Å²) in [6.07, 6.45) is 2.27. The molecule has 0 N–H and O–H groups in total. The average molecular weight is 220 g/mol. The molecular weight excluding hydrogens is 208 g/mol. The van der Waals surface area contributed by atoms with Crippen molar-refractivity contribution in [1.82, 2.24) is 4.90 Å². The molecule has 0 aromatic heterocycles. The summed E-state index contributed by atoms with van der Waals surface area (Å²) in [5, 5.41) is 9.15. The van der Waals surface area contributed by atoms with Crippen LogP contribution in [-0.4, -0.2) is 4.90 Å². The van der Waals surface area contributed by atoms with Crippen molar-refractivity contribution < 1.29 is 0 Å². The lowest BCUT2D eigenvalue weighted by atomic mass is 10.0. The fourth-order valence-corrected chi connectivity index (χ4v) is 2.34. The summed E-state index contributed by atoms with van der Waals surface area (Å²) in [6, 6.07) is 20.8. The van der Waals surface area contributed by atoms with Crippen LogP contribution in [-0.2, 0) is 0 Å². The van der Waals surface area contributed by atoms with Gasteiger partial charge in [0.1, 0.15) is 0 Å². The summed E-state index contributed by atoms with van der Waals surface area (Å²) in [6.45, 7) is 0. The van der Waals surface area contributed by atoms with Gasteiger partial charge in [0.05, 0.1) is 12.1 Å². The summed E-state index contributed by atoms with van der Waals surface area (Å²) in [5.74, 6) is 0. The molecule has 3 rings (SSSR count). The third kappa shape index (κ3) is 1.66. The molecule has 0 spiro atoms. The number of rotatable bonds is 2. The molecule has 0 bridgehead atoms. The maximum absolute atomic E-state index is 9.15. The summed E-state index contributed by atoms with van der Waals surface area (Å²) in [7, 11) is 0. The first-order chi connectivity index (χ1) is 8.42. The topological polar surface area (TPSA) is 26.8 Å². The number of hydrogen-bond donors (Lipinski definition) is 0. The highest BCUT2D eigenvalue weighted by Crippen LogP contribution is 2.53. The van der Waals surface area contributed by atoms with Gasteiger partial charge in [0.25, 0.3) is 0 Å². The molecule has 1 fully saturated rings. The number of nitrogens with zero attached hydrogens (tertiary/aromatic N) is 2. The standard InChI is InChI=1S/C15H12N2/c16-11-17-14(12-7-3-1-4-8-12)15(17)13-9-5-2-6-10-13/h1-10,14-15H/t14-,15-/m0/s1. The molecule has 1 saturated heterocycles. The van der Waals surface area contributed by atoms with Gasteiger partial charge in [-0.25, -0.2) is 0 Å². The van der Waals surface area contributed by atoms with Crippen molar-refractivity contribution in [3.05, 3.63) is 71.8 Å². The highest BCUT2D eigenvalue weighted by Gasteiger charge is 2.49. The smallest absolute Gasteiger partial charge is 0.180 e. The predicted octanol–water partition coefficient (Wildman–Crippen LogP) is 3.27. The minimum Gasteiger partial charge on any atom is -0.291 e. The quantitative estimate of drug-likeness (QED) is 0.573. The Morgan fingerprint density at radius 1 is 0.765 bits per heavy atom. The highest BCUT2D eigenvalue weighted by molar-refractivity contribution is 5.36. The van der Waals surface area contributed by atoms with Crippen molar-refractivity contribution in [1.29, 1.82) is 5.26 Å². The van der Waals surface area contributed by atoms with Gasteiger partial charge in [0.15, 0.2) is 6.19 Å². The minimum atomic E-state index is 0.212. The van der Waals surface area contributed by atoms with E-state index in [1.807, 2.05) is 41.3 Å². The second-order valence-electron chi connectivity index (χ2n) is 4.22. The summed E-state index contributed by atoms with van der Waals surface area (Å²) >= 11 is 0. The van der Waals surface area contributed by atoms with Gasteiger partial charge in [-0.2, -0.15) is 5.26 Å². The maximum atomic E-state index is 9.15. The summed E-state index contributed by atoms with van der Waals surface area (Å²) in [5.41, 5.74) is 2.42. The Hall–Kier alpha value is -2.27. The van der Waals surface area contributed by atoms with E-state index in [1.54, 1.807) is 0 Å². The lowest BCUT2D eigenvalue weighted by Crippen LogP contribution is -1.86. The third-order valence-corrected chi connectivity index (χ3v) is 3.21. The first-order valence-corrected chi connectivity index (χ1v) is 5.70. The molecular formula is C15H12N2. The van der Waals surface area contributed by atoms with Crippen LogP contribution in [0.1, 0.15) is 23.2 Å². The molecule has 0 radical (unpaired) electrons. The predicted molar refractivity (Wildman–Crippen MR) is 65.8 cm³/mol. The van der Waals surface area contributed by atoms with Crippen LogP contribution in [0, 0.1) is 11.5 Å². The van der Waals surface area contributed by atoms with E-state index in [0.717, 1.165) is 0 Å². The Morgan fingerprint density at radius 3 is 1.53 bits per heavy atom. The minimum absolute atomic E-state index is 0.212. The van der Waals surface area contributed by atoms with E-state index in [1.165, 1.54) is 11.1 Å². The van der Waals surface area contributed by atoms with Crippen LogP contribution in [0.3, 0.4) is 0 Å². The molecule has 2 nitrogen and oxygen atoms in total. The van der Waals surface area contributed by atoms with E-state index in [0.29, 0.717) is 0 Å². The first kappa shape index (κ1) is 9.92. The molecule has 17 heavy (non-hydrogen) atoms. The molecule has 0 saturated carbocycles. The largest absolute Gasteiger partial charge is 0.291 e. The van der Waals surface area contributed by atoms with Crippen molar-refractivity contribution >= 4 is 0 Å². The molecule has 1 aliphatic heterocycles. The van der Waals surface area contributed by atoms with Gasteiger partial charge >= 0.3 is 0 Å². The normalized spacial score (nSPS) is 21.9. The Labute approximate surface area is 101 Å². The van der Waals surface area contributed by atoms with E-state index < -0.39 is 0 Å². The number of nitriles is 1. The number of benzene rings is 2. The zero-order valence-corrected chi connectivity index (χ0v) is 9.32. The molecule has 0 aliphatic carbocycles. The average Bonchev–Trinajstić information content (AvgIpc) is 3.15. The van der Waals surface area contributed by atoms with E-state index >= 15 is 0 Å². The van der Waals surface area contributed by atoms with Crippen LogP contribution >= 0.6 is 0 Å². The number of hydrogen-bond acceptors (Lipinski definition) is 2. The van der Waals surface area contributed by atoms with Crippen molar-refractivity contribution in [2.45, 2.75) is 12.1 Å². The van der Waals surface area contributed by atoms with Gasteiger partial charge in [0.2, 0.25) is 0 Å². The zero-order chi connectivity index (χ0) is 11.7. The molecule has 2 aromatic carbocycles. The van der Waals surface area contributed by atoms with Crippen LogP contribution in [0.2, 0.25) is 0 Å². The van der Waals surface area contributed by atoms with Gasteiger partial charge in [-0.05, 0) is 11.1 Å². The second kappa shape index (κ2) is 3.95. The SMILES string of the molecule is N#CN1[C@@H](c2ccccc2)[C@@H]1c1ccccc1. The van der Waals surface area contributed by atoms with Crippen molar-refractivity contribution in [3.8, 4) is 6.19 Å².